The van der Waals surface area contributed by atoms with Crippen LogP contribution in [0.15, 0.2) is 6.20 Å². The van der Waals surface area contributed by atoms with Gasteiger partial charge in [0.2, 0.25) is 0 Å². The minimum atomic E-state index is -0.402. The van der Waals surface area contributed by atoms with E-state index in [2.05, 4.69) is 20.8 Å². The zero-order valence-electron chi connectivity index (χ0n) is 10.8. The van der Waals surface area contributed by atoms with Crippen LogP contribution in [-0.2, 0) is 9.53 Å². The number of carbonyl (C=O) groups is 2. The Hall–Kier alpha value is -1.96. The molecule has 1 aromatic rings. The molecule has 0 aliphatic carbocycles. The average Bonchev–Trinajstić information content (AvgIpc) is 2.84. The summed E-state index contributed by atoms with van der Waals surface area (Å²) in [4.78, 5) is 22.7. The van der Waals surface area contributed by atoms with E-state index in [9.17, 15) is 9.59 Å². The molecule has 0 unspecified atom stereocenters. The molecule has 1 rings (SSSR count). The zero-order valence-corrected chi connectivity index (χ0v) is 11.6. The second-order valence-corrected chi connectivity index (χ2v) is 3.96. The van der Waals surface area contributed by atoms with Crippen molar-refractivity contribution in [1.82, 2.24) is 15.5 Å². The van der Waals surface area contributed by atoms with Gasteiger partial charge in [0.15, 0.2) is 10.9 Å². The van der Waals surface area contributed by atoms with Gasteiger partial charge in [-0.1, -0.05) is 6.92 Å². The number of ketones is 1. The Bertz CT molecular complexity index is 472. The predicted molar refractivity (Wildman–Crippen MR) is 74.1 cm³/mol. The van der Waals surface area contributed by atoms with Gasteiger partial charge in [-0.3, -0.25) is 14.7 Å². The Labute approximate surface area is 116 Å². The number of nitrogens with zero attached hydrogens (tertiary/aromatic N) is 1. The van der Waals surface area contributed by atoms with Crippen molar-refractivity contribution in [2.24, 2.45) is 0 Å². The molecule has 104 valence electrons. The molecule has 0 atom stereocenters. The lowest BCUT2D eigenvalue weighted by molar-refractivity contribution is -0.141. The molecule has 1 heterocycles. The summed E-state index contributed by atoms with van der Waals surface area (Å²) >= 11 is 5.00. The van der Waals surface area contributed by atoms with Crippen molar-refractivity contribution in [2.45, 2.75) is 20.3 Å². The molecule has 3 N–H and O–H groups in total. The molecule has 0 radical (unpaired) electrons. The quantitative estimate of drug-likeness (QED) is 0.405. The molecule has 0 spiro atoms. The summed E-state index contributed by atoms with van der Waals surface area (Å²) in [5.74, 6) is -0.0428. The first-order valence-corrected chi connectivity index (χ1v) is 6.26. The predicted octanol–water partition coefficient (Wildman–Crippen LogP) is 0.852. The van der Waals surface area contributed by atoms with E-state index < -0.39 is 5.97 Å². The van der Waals surface area contributed by atoms with Crippen molar-refractivity contribution in [1.29, 1.82) is 0 Å². The fourth-order valence-electron chi connectivity index (χ4n) is 1.31. The van der Waals surface area contributed by atoms with Gasteiger partial charge in [-0.2, -0.15) is 5.10 Å². The number of H-pyrrole nitrogens is 1. The van der Waals surface area contributed by atoms with Crippen molar-refractivity contribution in [3.63, 3.8) is 0 Å². The summed E-state index contributed by atoms with van der Waals surface area (Å²) in [6, 6.07) is 0. The number of carbonyl (C=O) groups excluding carboxylic acids is 2. The van der Waals surface area contributed by atoms with E-state index in [4.69, 9.17) is 17.0 Å². The summed E-state index contributed by atoms with van der Waals surface area (Å²) in [5, 5.41) is 12.1. The number of esters is 1. The van der Waals surface area contributed by atoms with Crippen LogP contribution in [0, 0.1) is 0 Å². The molecule has 7 nitrogen and oxygen atoms in total. The van der Waals surface area contributed by atoms with E-state index in [-0.39, 0.29) is 17.4 Å². The zero-order chi connectivity index (χ0) is 14.3. The molecule has 0 saturated heterocycles. The number of ether oxygens (including phenoxy) is 1. The van der Waals surface area contributed by atoms with E-state index in [1.807, 2.05) is 0 Å². The molecular formula is C11H16N4O3S. The lowest BCUT2D eigenvalue weighted by atomic mass is 10.2. The van der Waals surface area contributed by atoms with E-state index in [0.717, 1.165) is 0 Å². The average molecular weight is 284 g/mol. The number of hydrogen-bond donors (Lipinski definition) is 3. The first-order chi connectivity index (χ1) is 9.08. The largest absolute Gasteiger partial charge is 0.465 e. The van der Waals surface area contributed by atoms with Crippen molar-refractivity contribution in [3.05, 3.63) is 11.8 Å². The van der Waals surface area contributed by atoms with Crippen LogP contribution in [0.4, 0.5) is 5.82 Å². The SMILES string of the molecule is CCOC(=O)CNC(=S)Nc1[nH]ncc1C(=O)CC. The van der Waals surface area contributed by atoms with Crippen molar-refractivity contribution in [3.8, 4) is 0 Å². The highest BCUT2D eigenvalue weighted by atomic mass is 32.1. The number of nitrogens with one attached hydrogen (secondary N) is 3. The van der Waals surface area contributed by atoms with E-state index in [1.165, 1.54) is 6.20 Å². The molecule has 0 fully saturated rings. The molecule has 0 amide bonds. The van der Waals surface area contributed by atoms with Gasteiger partial charge in [0.05, 0.1) is 18.4 Å². The molecule has 0 bridgehead atoms. The van der Waals surface area contributed by atoms with Crippen LogP contribution in [0.1, 0.15) is 30.6 Å². The first-order valence-electron chi connectivity index (χ1n) is 5.85. The van der Waals surface area contributed by atoms with Crippen molar-refractivity contribution >= 4 is 34.9 Å². The van der Waals surface area contributed by atoms with Crippen LogP contribution in [0.3, 0.4) is 0 Å². The highest BCUT2D eigenvalue weighted by Gasteiger charge is 2.13. The topological polar surface area (TPSA) is 96.1 Å². The second-order valence-electron chi connectivity index (χ2n) is 3.55. The van der Waals surface area contributed by atoms with Gasteiger partial charge in [0.1, 0.15) is 12.4 Å². The number of aromatic amines is 1. The normalized spacial score (nSPS) is 9.79. The number of aromatic nitrogens is 2. The smallest absolute Gasteiger partial charge is 0.325 e. The van der Waals surface area contributed by atoms with Crippen LogP contribution >= 0.6 is 12.2 Å². The second kappa shape index (κ2) is 7.47. The van der Waals surface area contributed by atoms with Crippen LogP contribution in [0.5, 0.6) is 0 Å². The maximum atomic E-state index is 11.6. The Kier molecular flexibility index (Phi) is 5.94. The van der Waals surface area contributed by atoms with Crippen LogP contribution in [0.25, 0.3) is 0 Å². The Morgan fingerprint density at radius 2 is 2.21 bits per heavy atom. The van der Waals surface area contributed by atoms with Gasteiger partial charge in [0, 0.05) is 6.42 Å². The third-order valence-corrected chi connectivity index (χ3v) is 2.44. The third kappa shape index (κ3) is 4.66. The minimum absolute atomic E-state index is 0.0368. The van der Waals surface area contributed by atoms with Crippen LogP contribution < -0.4 is 10.6 Å². The molecular weight excluding hydrogens is 268 g/mol. The van der Waals surface area contributed by atoms with Crippen molar-refractivity contribution < 1.29 is 14.3 Å². The molecule has 0 aromatic carbocycles. The van der Waals surface area contributed by atoms with Crippen LogP contribution in [-0.4, -0.2) is 40.2 Å². The standard InChI is InChI=1S/C11H16N4O3S/c1-3-8(16)7-5-13-15-10(7)14-11(19)12-6-9(17)18-4-2/h5H,3-4,6H2,1-2H3,(H3,12,13,14,15,19). The summed E-state index contributed by atoms with van der Waals surface area (Å²) in [6.45, 7) is 3.76. The number of Topliss-reactive ketones (excluding diaryl/α,β-unsaturated/α-hetero) is 1. The lowest BCUT2D eigenvalue weighted by Gasteiger charge is -2.09. The minimum Gasteiger partial charge on any atom is -0.465 e. The summed E-state index contributed by atoms with van der Waals surface area (Å²) in [7, 11) is 0. The van der Waals surface area contributed by atoms with Gasteiger partial charge >= 0.3 is 5.97 Å². The Balaban J connectivity index is 2.51. The molecule has 8 heteroatoms. The number of thiocarbonyl (C=S) groups is 1. The summed E-state index contributed by atoms with van der Waals surface area (Å²) in [5.41, 5.74) is 0.433. The maximum absolute atomic E-state index is 11.6. The van der Waals surface area contributed by atoms with E-state index in [0.29, 0.717) is 24.4 Å². The Morgan fingerprint density at radius 3 is 2.84 bits per heavy atom. The fourth-order valence-corrected chi connectivity index (χ4v) is 1.48. The van der Waals surface area contributed by atoms with Gasteiger partial charge < -0.3 is 15.4 Å². The third-order valence-electron chi connectivity index (χ3n) is 2.20. The molecule has 19 heavy (non-hydrogen) atoms. The first kappa shape index (κ1) is 15.1. The molecule has 1 aromatic heterocycles. The molecule has 0 saturated carbocycles. The van der Waals surface area contributed by atoms with E-state index >= 15 is 0 Å². The van der Waals surface area contributed by atoms with Crippen molar-refractivity contribution in [2.75, 3.05) is 18.5 Å². The number of anilines is 1. The molecule has 0 aliphatic rings. The molecule has 0 aliphatic heterocycles. The monoisotopic (exact) mass is 284 g/mol. The highest BCUT2D eigenvalue weighted by Crippen LogP contribution is 2.12. The summed E-state index contributed by atoms with van der Waals surface area (Å²) < 4.78 is 4.74. The summed E-state index contributed by atoms with van der Waals surface area (Å²) in [6.07, 6.45) is 1.80. The highest BCUT2D eigenvalue weighted by molar-refractivity contribution is 7.80. The van der Waals surface area contributed by atoms with Crippen LogP contribution in [0.2, 0.25) is 0 Å². The van der Waals surface area contributed by atoms with Gasteiger partial charge in [-0.15, -0.1) is 0 Å². The van der Waals surface area contributed by atoms with Gasteiger partial charge in [-0.05, 0) is 19.1 Å². The lowest BCUT2D eigenvalue weighted by Crippen LogP contribution is -2.34. The van der Waals surface area contributed by atoms with Gasteiger partial charge in [-0.25, -0.2) is 0 Å². The number of hydrogen-bond acceptors (Lipinski definition) is 5. The number of rotatable bonds is 6. The van der Waals surface area contributed by atoms with E-state index in [1.54, 1.807) is 13.8 Å². The Morgan fingerprint density at radius 1 is 1.47 bits per heavy atom. The van der Waals surface area contributed by atoms with Gasteiger partial charge in [0.25, 0.3) is 0 Å². The fraction of sp³-hybridized carbons (Fsp3) is 0.455. The maximum Gasteiger partial charge on any atom is 0.325 e.